The highest BCUT2D eigenvalue weighted by Crippen LogP contribution is 2.31. The molecule has 2 saturated heterocycles. The molecule has 0 bridgehead atoms. The zero-order valence-electron chi connectivity index (χ0n) is 11.6. The van der Waals surface area contributed by atoms with Crippen LogP contribution in [0.25, 0.3) is 0 Å². The molecule has 2 aliphatic rings. The van der Waals surface area contributed by atoms with Crippen LogP contribution in [-0.2, 0) is 19.1 Å². The van der Waals surface area contributed by atoms with Crippen molar-refractivity contribution >= 4 is 11.8 Å². The van der Waals surface area contributed by atoms with Gasteiger partial charge in [-0.05, 0) is 13.3 Å². The summed E-state index contributed by atoms with van der Waals surface area (Å²) in [5.74, 6) is -1.48. The molecule has 0 aromatic rings. The van der Waals surface area contributed by atoms with Gasteiger partial charge in [0.25, 0.3) is 0 Å². The van der Waals surface area contributed by atoms with Crippen molar-refractivity contribution in [1.29, 1.82) is 0 Å². The first-order valence-electron chi connectivity index (χ1n) is 6.94. The molecule has 2 aliphatic heterocycles. The molecule has 6 heteroatoms. The fourth-order valence-corrected chi connectivity index (χ4v) is 2.37. The van der Waals surface area contributed by atoms with Crippen LogP contribution in [0, 0.1) is 0 Å². The number of likely N-dealkylation sites (tertiary alicyclic amines) is 1. The van der Waals surface area contributed by atoms with Gasteiger partial charge in [0.15, 0.2) is 5.79 Å². The van der Waals surface area contributed by atoms with E-state index in [1.54, 1.807) is 4.90 Å². The fourth-order valence-electron chi connectivity index (χ4n) is 2.37. The Kier molecular flexibility index (Phi) is 4.42. The van der Waals surface area contributed by atoms with Crippen molar-refractivity contribution < 1.29 is 19.1 Å². The maximum absolute atomic E-state index is 12.0. The van der Waals surface area contributed by atoms with Gasteiger partial charge in [0.2, 0.25) is 0 Å². The predicted octanol–water partition coefficient (Wildman–Crippen LogP) is 0.267. The number of amides is 2. The molecule has 2 fully saturated rings. The van der Waals surface area contributed by atoms with Crippen molar-refractivity contribution in [3.63, 3.8) is 0 Å². The third kappa shape index (κ3) is 3.25. The van der Waals surface area contributed by atoms with E-state index in [2.05, 4.69) is 5.32 Å². The molecule has 0 aromatic carbocycles. The maximum atomic E-state index is 12.0. The summed E-state index contributed by atoms with van der Waals surface area (Å²) in [5.41, 5.74) is 0. The first-order chi connectivity index (χ1) is 9.06. The van der Waals surface area contributed by atoms with E-state index in [0.29, 0.717) is 39.1 Å². The lowest BCUT2D eigenvalue weighted by Crippen LogP contribution is -2.52. The van der Waals surface area contributed by atoms with E-state index >= 15 is 0 Å². The minimum absolute atomic E-state index is 0.0223. The molecule has 19 heavy (non-hydrogen) atoms. The number of nitrogens with zero attached hydrogens (tertiary/aromatic N) is 1. The highest BCUT2D eigenvalue weighted by atomic mass is 16.7. The summed E-state index contributed by atoms with van der Waals surface area (Å²) in [6.45, 7) is 6.09. The number of nitrogens with one attached hydrogen (secondary N) is 1. The van der Waals surface area contributed by atoms with Gasteiger partial charge in [-0.1, -0.05) is 6.92 Å². The minimum atomic E-state index is -0.515. The summed E-state index contributed by atoms with van der Waals surface area (Å²) in [6, 6.07) is 0.0223. The summed E-state index contributed by atoms with van der Waals surface area (Å²) < 4.78 is 11.2. The van der Waals surface area contributed by atoms with Crippen molar-refractivity contribution in [3.8, 4) is 0 Å². The van der Waals surface area contributed by atoms with Crippen molar-refractivity contribution in [2.24, 2.45) is 0 Å². The Hall–Kier alpha value is -1.14. The normalized spacial score (nSPS) is 23.4. The quantitative estimate of drug-likeness (QED) is 0.731. The SMILES string of the molecule is CCC(C)NC(=O)C(=O)N1CCC2(CC1)OCCO2. The average Bonchev–Trinajstić information content (AvgIpc) is 2.87. The molecular weight excluding hydrogens is 248 g/mol. The molecule has 2 rings (SSSR count). The van der Waals surface area contributed by atoms with Crippen molar-refractivity contribution in [1.82, 2.24) is 10.2 Å². The van der Waals surface area contributed by atoms with Crippen LogP contribution < -0.4 is 5.32 Å². The molecule has 1 N–H and O–H groups in total. The Morgan fingerprint density at radius 1 is 1.26 bits per heavy atom. The lowest BCUT2D eigenvalue weighted by atomic mass is 10.0. The largest absolute Gasteiger partial charge is 0.347 e. The van der Waals surface area contributed by atoms with Crippen LogP contribution in [0.5, 0.6) is 0 Å². The summed E-state index contributed by atoms with van der Waals surface area (Å²) in [7, 11) is 0. The van der Waals surface area contributed by atoms with Gasteiger partial charge in [-0.25, -0.2) is 0 Å². The second-order valence-corrected chi connectivity index (χ2v) is 5.18. The van der Waals surface area contributed by atoms with Crippen molar-refractivity contribution in [2.75, 3.05) is 26.3 Å². The smallest absolute Gasteiger partial charge is 0.311 e. The second-order valence-electron chi connectivity index (χ2n) is 5.18. The number of rotatable bonds is 2. The van der Waals surface area contributed by atoms with Gasteiger partial charge in [0.1, 0.15) is 0 Å². The predicted molar refractivity (Wildman–Crippen MR) is 68.3 cm³/mol. The average molecular weight is 270 g/mol. The maximum Gasteiger partial charge on any atom is 0.311 e. The number of piperidine rings is 1. The molecule has 1 spiro atoms. The monoisotopic (exact) mass is 270 g/mol. The van der Waals surface area contributed by atoms with Crippen LogP contribution in [-0.4, -0.2) is 54.8 Å². The first kappa shape index (κ1) is 14.3. The molecular formula is C13H22N2O4. The Morgan fingerprint density at radius 3 is 2.37 bits per heavy atom. The lowest BCUT2D eigenvalue weighted by molar-refractivity contribution is -0.188. The molecule has 6 nitrogen and oxygen atoms in total. The standard InChI is InChI=1S/C13H22N2O4/c1-3-10(2)14-11(16)12(17)15-6-4-13(5-7-15)18-8-9-19-13/h10H,3-9H2,1-2H3,(H,14,16). The summed E-state index contributed by atoms with van der Waals surface area (Å²) in [6.07, 6.45) is 2.08. The Balaban J connectivity index is 1.83. The zero-order valence-corrected chi connectivity index (χ0v) is 11.6. The molecule has 2 heterocycles. The number of ether oxygens (including phenoxy) is 2. The highest BCUT2D eigenvalue weighted by Gasteiger charge is 2.41. The van der Waals surface area contributed by atoms with Crippen LogP contribution >= 0.6 is 0 Å². The van der Waals surface area contributed by atoms with Gasteiger partial charge in [-0.2, -0.15) is 0 Å². The Morgan fingerprint density at radius 2 is 1.84 bits per heavy atom. The molecule has 1 unspecified atom stereocenters. The van der Waals surface area contributed by atoms with Crippen LogP contribution in [0.4, 0.5) is 0 Å². The van der Waals surface area contributed by atoms with Gasteiger partial charge < -0.3 is 19.7 Å². The van der Waals surface area contributed by atoms with E-state index < -0.39 is 17.6 Å². The number of hydrogen-bond acceptors (Lipinski definition) is 4. The van der Waals surface area contributed by atoms with E-state index in [-0.39, 0.29) is 6.04 Å². The summed E-state index contributed by atoms with van der Waals surface area (Å²) in [4.78, 5) is 25.3. The van der Waals surface area contributed by atoms with Crippen LogP contribution in [0.2, 0.25) is 0 Å². The fraction of sp³-hybridized carbons (Fsp3) is 0.846. The van der Waals surface area contributed by atoms with Gasteiger partial charge in [0, 0.05) is 32.0 Å². The summed E-state index contributed by atoms with van der Waals surface area (Å²) in [5, 5.41) is 2.70. The number of hydrogen-bond donors (Lipinski definition) is 1. The number of carbonyl (C=O) groups is 2. The van der Waals surface area contributed by atoms with Crippen molar-refractivity contribution in [2.45, 2.75) is 44.9 Å². The van der Waals surface area contributed by atoms with Crippen molar-refractivity contribution in [3.05, 3.63) is 0 Å². The van der Waals surface area contributed by atoms with Gasteiger partial charge in [-0.3, -0.25) is 9.59 Å². The molecule has 0 saturated carbocycles. The van der Waals surface area contributed by atoms with Crippen LogP contribution in [0.1, 0.15) is 33.1 Å². The molecule has 108 valence electrons. The van der Waals surface area contributed by atoms with Gasteiger partial charge in [0.05, 0.1) is 13.2 Å². The van der Waals surface area contributed by atoms with E-state index in [9.17, 15) is 9.59 Å². The lowest BCUT2D eigenvalue weighted by Gasteiger charge is -2.37. The Bertz CT molecular complexity index is 343. The zero-order chi connectivity index (χ0) is 13.9. The first-order valence-corrected chi connectivity index (χ1v) is 6.94. The topological polar surface area (TPSA) is 67.9 Å². The van der Waals surface area contributed by atoms with E-state index in [1.165, 1.54) is 0 Å². The minimum Gasteiger partial charge on any atom is -0.347 e. The van der Waals surface area contributed by atoms with E-state index in [1.807, 2.05) is 13.8 Å². The van der Waals surface area contributed by atoms with E-state index in [4.69, 9.17) is 9.47 Å². The molecule has 1 atom stereocenters. The molecule has 0 aliphatic carbocycles. The molecule has 0 radical (unpaired) electrons. The summed E-state index contributed by atoms with van der Waals surface area (Å²) >= 11 is 0. The van der Waals surface area contributed by atoms with Crippen LogP contribution in [0.15, 0.2) is 0 Å². The van der Waals surface area contributed by atoms with Gasteiger partial charge >= 0.3 is 11.8 Å². The number of carbonyl (C=O) groups excluding carboxylic acids is 2. The second kappa shape index (κ2) is 5.88. The Labute approximate surface area is 113 Å². The highest BCUT2D eigenvalue weighted by molar-refractivity contribution is 6.35. The third-order valence-electron chi connectivity index (χ3n) is 3.81. The van der Waals surface area contributed by atoms with E-state index in [0.717, 1.165) is 6.42 Å². The molecule has 0 aromatic heterocycles. The van der Waals surface area contributed by atoms with Gasteiger partial charge in [-0.15, -0.1) is 0 Å². The van der Waals surface area contributed by atoms with Crippen LogP contribution in [0.3, 0.4) is 0 Å². The molecule has 2 amide bonds. The third-order valence-corrected chi connectivity index (χ3v) is 3.81.